The van der Waals surface area contributed by atoms with Crippen molar-refractivity contribution in [1.82, 2.24) is 10.3 Å². The molecule has 1 N–H and O–H groups in total. The first kappa shape index (κ1) is 16.8. The number of carbonyl (C=O) groups excluding carboxylic acids is 3. The fourth-order valence-corrected chi connectivity index (χ4v) is 2.49. The molecule has 0 fully saturated rings. The lowest BCUT2D eigenvalue weighted by Crippen LogP contribution is -2.46. The Morgan fingerprint density at radius 2 is 2.30 bits per heavy atom. The molecule has 1 aliphatic heterocycles. The summed E-state index contributed by atoms with van der Waals surface area (Å²) in [5.74, 6) is -1.74. The van der Waals surface area contributed by atoms with Crippen molar-refractivity contribution in [2.75, 3.05) is 7.05 Å². The second kappa shape index (κ2) is 7.13. The second-order valence-corrected chi connectivity index (χ2v) is 5.26. The van der Waals surface area contributed by atoms with Crippen LogP contribution in [0.25, 0.3) is 0 Å². The van der Waals surface area contributed by atoms with Crippen LogP contribution in [0.5, 0.6) is 0 Å². The molecule has 2 rings (SSSR count). The monoisotopic (exact) mass is 319 g/mol. The minimum atomic E-state index is -0.960. The molecular formula is C16H18FN3O3. The fourth-order valence-electron chi connectivity index (χ4n) is 2.49. The van der Waals surface area contributed by atoms with E-state index in [1.807, 2.05) is 0 Å². The van der Waals surface area contributed by atoms with Gasteiger partial charge in [0, 0.05) is 19.9 Å². The molecule has 0 spiro atoms. The van der Waals surface area contributed by atoms with Gasteiger partial charge in [0.25, 0.3) is 5.91 Å². The molecule has 0 aromatic carbocycles. The van der Waals surface area contributed by atoms with Crippen LogP contribution in [-0.4, -0.2) is 41.9 Å². The van der Waals surface area contributed by atoms with Gasteiger partial charge in [0.1, 0.15) is 18.2 Å². The van der Waals surface area contributed by atoms with E-state index in [2.05, 4.69) is 10.4 Å². The van der Waals surface area contributed by atoms with Gasteiger partial charge in [0.15, 0.2) is 0 Å². The zero-order valence-corrected chi connectivity index (χ0v) is 13.0. The number of halogens is 1. The molecule has 2 amide bonds. The predicted octanol–water partition coefficient (Wildman–Crippen LogP) is 1.41. The van der Waals surface area contributed by atoms with E-state index in [0.717, 1.165) is 5.01 Å². The van der Waals surface area contributed by atoms with Crippen molar-refractivity contribution in [3.8, 4) is 0 Å². The van der Waals surface area contributed by atoms with Gasteiger partial charge in [-0.3, -0.25) is 9.59 Å². The summed E-state index contributed by atoms with van der Waals surface area (Å²) in [6.07, 6.45) is 5.46. The number of fused-ring (bicyclic) bond motifs is 2. The third-order valence-electron chi connectivity index (χ3n) is 3.79. The average Bonchev–Trinajstić information content (AvgIpc) is 2.80. The average molecular weight is 319 g/mol. The highest BCUT2D eigenvalue weighted by molar-refractivity contribution is 6.07. The zero-order chi connectivity index (χ0) is 17.0. The van der Waals surface area contributed by atoms with E-state index in [1.165, 1.54) is 19.2 Å². The number of amides is 2. The van der Waals surface area contributed by atoms with Crippen LogP contribution >= 0.6 is 0 Å². The zero-order valence-electron chi connectivity index (χ0n) is 13.0. The van der Waals surface area contributed by atoms with Crippen molar-refractivity contribution < 1.29 is 18.8 Å². The summed E-state index contributed by atoms with van der Waals surface area (Å²) in [5.41, 5.74) is 1.21. The maximum atomic E-state index is 14.1. The smallest absolute Gasteiger partial charge is 0.273 e. The van der Waals surface area contributed by atoms with E-state index in [-0.39, 0.29) is 24.8 Å². The van der Waals surface area contributed by atoms with Gasteiger partial charge in [-0.15, -0.1) is 0 Å². The Kier molecular flexibility index (Phi) is 5.20. The number of nitrogens with zero attached hydrogens (tertiary/aromatic N) is 2. The summed E-state index contributed by atoms with van der Waals surface area (Å²) in [4.78, 5) is 35.4. The molecule has 0 aromatic heterocycles. The van der Waals surface area contributed by atoms with Crippen molar-refractivity contribution in [3.63, 3.8) is 0 Å². The number of nitrogens with one attached hydrogen (secondary N) is 1. The molecule has 2 aliphatic rings. The third-order valence-corrected chi connectivity index (χ3v) is 3.79. The molecule has 7 heteroatoms. The van der Waals surface area contributed by atoms with Crippen molar-refractivity contribution in [2.45, 2.75) is 32.2 Å². The summed E-state index contributed by atoms with van der Waals surface area (Å²) in [5, 5.41) is 7.67. The predicted molar refractivity (Wildman–Crippen MR) is 83.1 cm³/mol. The number of rotatable bonds is 5. The van der Waals surface area contributed by atoms with Crippen molar-refractivity contribution in [3.05, 3.63) is 35.2 Å². The largest absolute Gasteiger partial charge is 0.357 e. The van der Waals surface area contributed by atoms with Crippen LogP contribution in [0.1, 0.15) is 26.2 Å². The van der Waals surface area contributed by atoms with Gasteiger partial charge in [0.05, 0.1) is 11.3 Å². The lowest BCUT2D eigenvalue weighted by molar-refractivity contribution is -0.138. The maximum absolute atomic E-state index is 14.1. The second-order valence-electron chi connectivity index (χ2n) is 5.26. The van der Waals surface area contributed by atoms with Crippen LogP contribution in [0.15, 0.2) is 40.3 Å². The van der Waals surface area contributed by atoms with Crippen LogP contribution in [-0.2, 0) is 14.4 Å². The lowest BCUT2D eigenvalue weighted by atomic mass is 10.0. The highest BCUT2D eigenvalue weighted by atomic mass is 19.1. The first-order valence-corrected chi connectivity index (χ1v) is 7.29. The molecule has 0 aromatic rings. The molecule has 1 heterocycles. The molecule has 1 atom stereocenters. The molecule has 1 unspecified atom stereocenters. The maximum Gasteiger partial charge on any atom is 0.273 e. The normalized spacial score (nSPS) is 18.7. The quantitative estimate of drug-likeness (QED) is 0.778. The molecule has 0 saturated heterocycles. The lowest BCUT2D eigenvalue weighted by Gasteiger charge is -2.25. The van der Waals surface area contributed by atoms with Crippen LogP contribution in [0.2, 0.25) is 0 Å². The van der Waals surface area contributed by atoms with E-state index in [4.69, 9.17) is 0 Å². The molecule has 23 heavy (non-hydrogen) atoms. The molecule has 0 radical (unpaired) electrons. The van der Waals surface area contributed by atoms with Crippen LogP contribution in [0.4, 0.5) is 4.39 Å². The van der Waals surface area contributed by atoms with Crippen molar-refractivity contribution in [1.29, 1.82) is 0 Å². The Labute approximate surface area is 133 Å². The summed E-state index contributed by atoms with van der Waals surface area (Å²) < 4.78 is 14.1. The van der Waals surface area contributed by atoms with Gasteiger partial charge in [-0.05, 0) is 25.0 Å². The number of carbonyl (C=O) groups is 3. The van der Waals surface area contributed by atoms with E-state index in [0.29, 0.717) is 17.6 Å². The SMILES string of the molecule is CNC(=O)C(CCC=O)N1N=C(C)C2=CC=CC(F)=C(C2)C1=O. The Morgan fingerprint density at radius 3 is 2.96 bits per heavy atom. The Bertz CT molecular complexity index is 661. The Hall–Kier alpha value is -2.57. The molecule has 1 aliphatic carbocycles. The number of likely N-dealkylation sites (N-methyl/N-ethyl adjacent to an activating group) is 1. The molecule has 0 saturated carbocycles. The van der Waals surface area contributed by atoms with Crippen molar-refractivity contribution >= 4 is 23.8 Å². The highest BCUT2D eigenvalue weighted by Gasteiger charge is 2.35. The van der Waals surface area contributed by atoms with Gasteiger partial charge >= 0.3 is 0 Å². The van der Waals surface area contributed by atoms with Gasteiger partial charge < -0.3 is 10.1 Å². The molecular weight excluding hydrogens is 301 g/mol. The standard InChI is InChI=1S/C16H18FN3O3/c1-10-11-5-3-6-13(17)12(9-11)16(23)20(19-10)14(7-4-8-21)15(22)18-2/h3,5-6,8,14H,4,7,9H2,1-2H3,(H,18,22). The van der Waals surface area contributed by atoms with E-state index in [1.54, 1.807) is 13.0 Å². The van der Waals surface area contributed by atoms with Crippen LogP contribution < -0.4 is 5.32 Å². The first-order chi connectivity index (χ1) is 11.0. The number of hydrogen-bond acceptors (Lipinski definition) is 4. The summed E-state index contributed by atoms with van der Waals surface area (Å²) in [6.45, 7) is 1.70. The number of hydrogen-bond donors (Lipinski definition) is 1. The van der Waals surface area contributed by atoms with Gasteiger partial charge in [-0.1, -0.05) is 12.2 Å². The molecule has 122 valence electrons. The van der Waals surface area contributed by atoms with E-state index >= 15 is 0 Å². The summed E-state index contributed by atoms with van der Waals surface area (Å²) >= 11 is 0. The van der Waals surface area contributed by atoms with E-state index < -0.39 is 23.7 Å². The number of aldehydes is 1. The topological polar surface area (TPSA) is 78.8 Å². The summed E-state index contributed by atoms with van der Waals surface area (Å²) in [7, 11) is 1.43. The number of allylic oxidation sites excluding steroid dienone is 5. The minimum Gasteiger partial charge on any atom is -0.357 e. The third kappa shape index (κ3) is 3.44. The van der Waals surface area contributed by atoms with E-state index in [9.17, 15) is 18.8 Å². The van der Waals surface area contributed by atoms with Crippen LogP contribution in [0.3, 0.4) is 0 Å². The Balaban J connectivity index is 2.49. The van der Waals surface area contributed by atoms with Gasteiger partial charge in [0.2, 0.25) is 5.91 Å². The Morgan fingerprint density at radius 1 is 1.57 bits per heavy atom. The van der Waals surface area contributed by atoms with Crippen molar-refractivity contribution in [2.24, 2.45) is 5.10 Å². The minimum absolute atomic E-state index is 0.0365. The molecule has 2 bridgehead atoms. The fraction of sp³-hybridized carbons (Fsp3) is 0.375. The highest BCUT2D eigenvalue weighted by Crippen LogP contribution is 2.28. The van der Waals surface area contributed by atoms with Gasteiger partial charge in [-0.2, -0.15) is 5.10 Å². The van der Waals surface area contributed by atoms with Gasteiger partial charge in [-0.25, -0.2) is 9.40 Å². The summed E-state index contributed by atoms with van der Waals surface area (Å²) in [6, 6.07) is -0.960. The first-order valence-electron chi connectivity index (χ1n) is 7.29. The van der Waals surface area contributed by atoms with Crippen LogP contribution in [0, 0.1) is 0 Å². The molecule has 6 nitrogen and oxygen atoms in total. The number of hydrazone groups is 1.